The van der Waals surface area contributed by atoms with Gasteiger partial charge in [-0.1, -0.05) is 0 Å². The summed E-state index contributed by atoms with van der Waals surface area (Å²) in [6.45, 7) is -0.587. The lowest BCUT2D eigenvalue weighted by molar-refractivity contribution is -0.110. The maximum atomic E-state index is 13.2. The van der Waals surface area contributed by atoms with E-state index >= 15 is 0 Å². The minimum atomic E-state index is -4.86. The van der Waals surface area contributed by atoms with Crippen LogP contribution >= 0.6 is 17.9 Å². The van der Waals surface area contributed by atoms with Crippen LogP contribution in [0.4, 0.5) is 0 Å². The standard InChI is InChI=1S/C32H33N2O14PS2/c1-44-23-15-24(45-2)28(51(41,42)43)13-21(23)31-19-7-5-17(35)11-26(19)50(3,4)27-12-18(6-8-20(27)31)48-49(39,40)46-16-25-22(36)14-30(47-25)34-10-9-29(37)33-32(34)38/h5-13,15,22,25,30,36H,14,16H2,1-4H3,(H,39,40)(H,33,37,38)(H,41,42,43). The van der Waals surface area contributed by atoms with Crippen molar-refractivity contribution in [1.82, 2.24) is 9.55 Å². The van der Waals surface area contributed by atoms with Crippen molar-refractivity contribution < 1.29 is 55.6 Å². The lowest BCUT2D eigenvalue weighted by Gasteiger charge is -2.43. The smallest absolute Gasteiger partial charge is 0.496 e. The van der Waals surface area contributed by atoms with Crippen molar-refractivity contribution in [3.8, 4) is 17.2 Å². The number of aliphatic hydroxyl groups excluding tert-OH is 1. The van der Waals surface area contributed by atoms with Gasteiger partial charge in [-0.3, -0.25) is 33.1 Å². The molecule has 0 radical (unpaired) electrons. The van der Waals surface area contributed by atoms with E-state index in [4.69, 9.17) is 23.3 Å². The number of rotatable bonds is 10. The number of nitrogens with zero attached hydrogens (tertiary/aromatic N) is 1. The first kappa shape index (κ1) is 36.5. The number of ketones is 1. The van der Waals surface area contributed by atoms with E-state index in [2.05, 4.69) is 4.98 Å². The Morgan fingerprint density at radius 1 is 1.04 bits per heavy atom. The molecule has 1 fully saturated rings. The molecule has 2 aromatic carbocycles. The quantitative estimate of drug-likeness (QED) is 0.172. The van der Waals surface area contributed by atoms with Crippen LogP contribution in [0.15, 0.2) is 90.7 Å². The Hall–Kier alpha value is -4.26. The number of aromatic nitrogens is 2. The Balaban J connectivity index is 1.34. The predicted octanol–water partition coefficient (Wildman–Crippen LogP) is 2.91. The molecule has 2 aliphatic heterocycles. The fourth-order valence-corrected chi connectivity index (χ4v) is 10.1. The summed E-state index contributed by atoms with van der Waals surface area (Å²) in [5, 5.41) is 10.5. The highest BCUT2D eigenvalue weighted by Crippen LogP contribution is 2.67. The van der Waals surface area contributed by atoms with E-state index in [0.29, 0.717) is 26.5 Å². The second-order valence-corrected chi connectivity index (χ2v) is 18.3. The highest BCUT2D eigenvalue weighted by atomic mass is 32.3. The van der Waals surface area contributed by atoms with E-state index < -0.39 is 69.2 Å². The Kier molecular flexibility index (Phi) is 9.58. The molecule has 19 heteroatoms. The molecule has 0 bridgehead atoms. The molecule has 1 aromatic heterocycles. The number of nitrogens with one attached hydrogen (secondary N) is 1. The zero-order chi connectivity index (χ0) is 37.0. The van der Waals surface area contributed by atoms with Crippen molar-refractivity contribution in [1.29, 1.82) is 0 Å². The van der Waals surface area contributed by atoms with Crippen LogP contribution in [0.2, 0.25) is 0 Å². The third-order valence-electron chi connectivity index (χ3n) is 8.57. The second kappa shape index (κ2) is 13.4. The van der Waals surface area contributed by atoms with Crippen LogP contribution in [0, 0.1) is 0 Å². The van der Waals surface area contributed by atoms with Gasteiger partial charge in [0.25, 0.3) is 15.7 Å². The highest BCUT2D eigenvalue weighted by molar-refractivity contribution is 8.36. The lowest BCUT2D eigenvalue weighted by atomic mass is 9.89. The SMILES string of the molecule is COc1cc(OC)c(S(=O)(=O)O)cc1C1=C2C=CC(=O)C=C2S(C)(C)c2cc(OP(=O)(O)OCC3OC(n4ccc(=O)[nH]c4=O)CC3O)ccc21. The summed E-state index contributed by atoms with van der Waals surface area (Å²) in [4.78, 5) is 49.7. The van der Waals surface area contributed by atoms with E-state index in [1.54, 1.807) is 12.1 Å². The van der Waals surface area contributed by atoms with E-state index in [1.807, 2.05) is 12.5 Å². The van der Waals surface area contributed by atoms with Gasteiger partial charge in [0.05, 0.1) is 26.9 Å². The Morgan fingerprint density at radius 2 is 1.76 bits per heavy atom. The van der Waals surface area contributed by atoms with Crippen molar-refractivity contribution >= 4 is 39.3 Å². The van der Waals surface area contributed by atoms with Crippen molar-refractivity contribution in [2.45, 2.75) is 34.6 Å². The molecule has 3 heterocycles. The van der Waals surface area contributed by atoms with Gasteiger partial charge in [0.2, 0.25) is 0 Å². The number of carbonyl (C=O) groups is 1. The first-order valence-corrected chi connectivity index (χ1v) is 20.4. The van der Waals surface area contributed by atoms with Crippen LogP contribution in [-0.4, -0.2) is 83.9 Å². The third-order valence-corrected chi connectivity index (χ3v) is 13.2. The number of allylic oxidation sites excluding steroid dienone is 4. The van der Waals surface area contributed by atoms with Crippen molar-refractivity contribution in [2.24, 2.45) is 0 Å². The van der Waals surface area contributed by atoms with E-state index in [1.165, 1.54) is 56.8 Å². The average Bonchev–Trinajstić information content (AvgIpc) is 3.43. The number of benzene rings is 2. The summed E-state index contributed by atoms with van der Waals surface area (Å²) in [6, 6.07) is 8.19. The molecule has 3 aromatic rings. The molecule has 4 atom stereocenters. The number of phosphoric acid groups is 1. The topological polar surface area (TPSA) is 230 Å². The zero-order valence-corrected chi connectivity index (χ0v) is 30.0. The number of H-pyrrole nitrogens is 1. The van der Waals surface area contributed by atoms with Crippen molar-refractivity contribution in [3.05, 3.63) is 103 Å². The van der Waals surface area contributed by atoms with Gasteiger partial charge in [0.1, 0.15) is 34.5 Å². The molecular formula is C32H33N2O14PS2. The highest BCUT2D eigenvalue weighted by Gasteiger charge is 2.40. The minimum absolute atomic E-state index is 0.0602. The fraction of sp³-hybridized carbons (Fsp3) is 0.281. The molecule has 0 spiro atoms. The van der Waals surface area contributed by atoms with Gasteiger partial charge in [-0.05, 0) is 66.1 Å². The summed E-state index contributed by atoms with van der Waals surface area (Å²) in [6.07, 6.45) is 6.18. The van der Waals surface area contributed by atoms with E-state index in [0.717, 1.165) is 10.6 Å². The van der Waals surface area contributed by atoms with Gasteiger partial charge in [-0.15, -0.1) is 0 Å². The maximum Gasteiger partial charge on any atom is 0.527 e. The van der Waals surface area contributed by atoms with Crippen molar-refractivity contribution in [3.63, 3.8) is 0 Å². The molecule has 1 saturated heterocycles. The fourth-order valence-electron chi connectivity index (χ4n) is 6.16. The number of aromatic amines is 1. The first-order chi connectivity index (χ1) is 23.9. The summed E-state index contributed by atoms with van der Waals surface area (Å²) in [5.74, 6) is -0.312. The number of carbonyl (C=O) groups excluding carboxylic acids is 1. The molecule has 6 rings (SSSR count). The number of methoxy groups -OCH3 is 2. The second-order valence-electron chi connectivity index (χ2n) is 12.0. The van der Waals surface area contributed by atoms with Crippen LogP contribution in [0.3, 0.4) is 0 Å². The van der Waals surface area contributed by atoms with Crippen LogP contribution < -0.4 is 25.2 Å². The molecular weight excluding hydrogens is 731 g/mol. The number of aliphatic hydroxyl groups is 1. The lowest BCUT2D eigenvalue weighted by Crippen LogP contribution is -2.31. The molecule has 4 unspecified atom stereocenters. The predicted molar refractivity (Wildman–Crippen MR) is 184 cm³/mol. The Labute approximate surface area is 292 Å². The molecule has 1 aliphatic carbocycles. The van der Waals surface area contributed by atoms with Gasteiger partial charge in [-0.25, -0.2) is 9.36 Å². The minimum Gasteiger partial charge on any atom is -0.496 e. The molecule has 0 amide bonds. The molecule has 4 N–H and O–H groups in total. The number of fused-ring (bicyclic) bond motifs is 2. The summed E-state index contributed by atoms with van der Waals surface area (Å²) in [7, 11) is -9.04. The first-order valence-electron chi connectivity index (χ1n) is 15.1. The van der Waals surface area contributed by atoms with E-state index in [9.17, 15) is 41.9 Å². The summed E-state index contributed by atoms with van der Waals surface area (Å²) < 4.78 is 76.2. The van der Waals surface area contributed by atoms with Crippen LogP contribution in [0.25, 0.3) is 5.57 Å². The molecule has 272 valence electrons. The van der Waals surface area contributed by atoms with Crippen LogP contribution in [-0.2, 0) is 28.7 Å². The zero-order valence-electron chi connectivity index (χ0n) is 27.5. The number of hydrogen-bond acceptors (Lipinski definition) is 12. The number of hydrogen-bond donors (Lipinski definition) is 4. The maximum absolute atomic E-state index is 13.2. The average molecular weight is 765 g/mol. The number of ether oxygens (including phenoxy) is 3. The summed E-state index contributed by atoms with van der Waals surface area (Å²) >= 11 is 0. The molecule has 16 nitrogen and oxygen atoms in total. The van der Waals surface area contributed by atoms with Crippen molar-refractivity contribution in [2.75, 3.05) is 33.3 Å². The molecule has 3 aliphatic rings. The third kappa shape index (κ3) is 7.01. The Morgan fingerprint density at radius 3 is 2.43 bits per heavy atom. The summed E-state index contributed by atoms with van der Waals surface area (Å²) in [5.41, 5.74) is 0.514. The van der Waals surface area contributed by atoms with Gasteiger partial charge < -0.3 is 23.8 Å². The van der Waals surface area contributed by atoms with Gasteiger partial charge in [0, 0.05) is 45.7 Å². The van der Waals surface area contributed by atoms with Gasteiger partial charge in [0.15, 0.2) is 5.78 Å². The van der Waals surface area contributed by atoms with Gasteiger partial charge in [-0.2, -0.15) is 18.4 Å². The Bertz CT molecular complexity index is 2330. The molecule has 51 heavy (non-hydrogen) atoms. The normalized spacial score (nSPS) is 22.8. The van der Waals surface area contributed by atoms with E-state index in [-0.39, 0.29) is 35.0 Å². The number of phosphoric ester groups is 1. The van der Waals surface area contributed by atoms with Crippen LogP contribution in [0.5, 0.6) is 17.2 Å². The van der Waals surface area contributed by atoms with Gasteiger partial charge >= 0.3 is 13.5 Å². The largest absolute Gasteiger partial charge is 0.527 e. The molecule has 0 saturated carbocycles. The monoisotopic (exact) mass is 764 g/mol. The van der Waals surface area contributed by atoms with Crippen LogP contribution in [0.1, 0.15) is 23.8 Å².